The van der Waals surface area contributed by atoms with Gasteiger partial charge >= 0.3 is 0 Å². The number of hydrogen-bond acceptors (Lipinski definition) is 3. The molecule has 3 atom stereocenters. The lowest BCUT2D eigenvalue weighted by Gasteiger charge is -2.40. The van der Waals surface area contributed by atoms with Gasteiger partial charge in [-0.1, -0.05) is 6.42 Å². The molecule has 1 aliphatic carbocycles. The van der Waals surface area contributed by atoms with E-state index in [1.54, 1.807) is 0 Å². The Morgan fingerprint density at radius 2 is 2.22 bits per heavy atom. The summed E-state index contributed by atoms with van der Waals surface area (Å²) >= 11 is 0. The normalized spacial score (nSPS) is 28.4. The summed E-state index contributed by atoms with van der Waals surface area (Å²) in [5.74, 6) is 0.177. The SMILES string of the molecule is O=C(c1ccc2[nH]ccc2c1)N1CCOCC1C1CCCC1O. The lowest BCUT2D eigenvalue weighted by atomic mass is 9.93. The fourth-order valence-corrected chi connectivity index (χ4v) is 4.00. The van der Waals surface area contributed by atoms with Crippen molar-refractivity contribution < 1.29 is 14.6 Å². The molecule has 1 saturated carbocycles. The summed E-state index contributed by atoms with van der Waals surface area (Å²) in [5.41, 5.74) is 1.74. The van der Waals surface area contributed by atoms with E-state index in [4.69, 9.17) is 4.74 Å². The second-order valence-corrected chi connectivity index (χ2v) is 6.58. The Hall–Kier alpha value is -1.85. The predicted molar refractivity (Wildman–Crippen MR) is 87.3 cm³/mol. The highest BCUT2D eigenvalue weighted by molar-refractivity contribution is 5.98. The van der Waals surface area contributed by atoms with Crippen LogP contribution < -0.4 is 0 Å². The zero-order chi connectivity index (χ0) is 15.8. The van der Waals surface area contributed by atoms with Gasteiger partial charge in [-0.3, -0.25) is 4.79 Å². The van der Waals surface area contributed by atoms with Gasteiger partial charge in [-0.2, -0.15) is 0 Å². The van der Waals surface area contributed by atoms with Gasteiger partial charge in [0.25, 0.3) is 5.91 Å². The maximum absolute atomic E-state index is 13.0. The Morgan fingerprint density at radius 3 is 3.04 bits per heavy atom. The number of nitrogens with zero attached hydrogens (tertiary/aromatic N) is 1. The molecule has 5 heteroatoms. The van der Waals surface area contributed by atoms with Gasteiger partial charge in [0, 0.05) is 35.1 Å². The molecule has 1 aliphatic heterocycles. The number of hydrogen-bond donors (Lipinski definition) is 2. The highest BCUT2D eigenvalue weighted by Gasteiger charge is 2.39. The highest BCUT2D eigenvalue weighted by Crippen LogP contribution is 2.33. The van der Waals surface area contributed by atoms with Gasteiger partial charge in [0.05, 0.1) is 25.4 Å². The van der Waals surface area contributed by atoms with Gasteiger partial charge in [-0.25, -0.2) is 0 Å². The molecule has 1 saturated heterocycles. The number of morpholine rings is 1. The summed E-state index contributed by atoms with van der Waals surface area (Å²) in [6.45, 7) is 1.69. The average molecular weight is 314 g/mol. The Labute approximate surface area is 135 Å². The third-order valence-corrected chi connectivity index (χ3v) is 5.25. The topological polar surface area (TPSA) is 65.6 Å². The van der Waals surface area contributed by atoms with Crippen molar-refractivity contribution in [3.05, 3.63) is 36.0 Å². The van der Waals surface area contributed by atoms with E-state index in [9.17, 15) is 9.90 Å². The first-order valence-corrected chi connectivity index (χ1v) is 8.38. The van der Waals surface area contributed by atoms with Gasteiger partial charge in [0.2, 0.25) is 0 Å². The zero-order valence-corrected chi connectivity index (χ0v) is 13.1. The van der Waals surface area contributed by atoms with E-state index in [-0.39, 0.29) is 24.0 Å². The van der Waals surface area contributed by atoms with E-state index in [1.165, 1.54) is 0 Å². The largest absolute Gasteiger partial charge is 0.393 e. The van der Waals surface area contributed by atoms with Crippen molar-refractivity contribution in [2.75, 3.05) is 19.8 Å². The average Bonchev–Trinajstić information content (AvgIpc) is 3.22. The van der Waals surface area contributed by atoms with Crippen LogP contribution in [-0.4, -0.2) is 52.8 Å². The molecule has 1 aromatic carbocycles. The molecule has 1 amide bonds. The first kappa shape index (κ1) is 14.7. The van der Waals surface area contributed by atoms with Gasteiger partial charge in [-0.05, 0) is 37.1 Å². The summed E-state index contributed by atoms with van der Waals surface area (Å²) in [4.78, 5) is 18.1. The van der Waals surface area contributed by atoms with Crippen LogP contribution in [0.1, 0.15) is 29.6 Å². The number of aliphatic hydroxyl groups is 1. The predicted octanol–water partition coefficient (Wildman–Crippen LogP) is 2.17. The molecule has 5 nitrogen and oxygen atoms in total. The number of carbonyl (C=O) groups is 1. The van der Waals surface area contributed by atoms with Crippen LogP contribution in [0, 0.1) is 5.92 Å². The standard InChI is InChI=1S/C18H22N2O3/c21-17-3-1-2-14(17)16-11-23-9-8-20(16)18(22)13-4-5-15-12(10-13)6-7-19-15/h4-7,10,14,16-17,19,21H,1-3,8-9,11H2. The van der Waals surface area contributed by atoms with Crippen molar-refractivity contribution in [2.45, 2.75) is 31.4 Å². The van der Waals surface area contributed by atoms with Crippen LogP contribution in [-0.2, 0) is 4.74 Å². The molecule has 3 unspecified atom stereocenters. The second kappa shape index (κ2) is 5.98. The van der Waals surface area contributed by atoms with Crippen LogP contribution in [0.25, 0.3) is 10.9 Å². The Bertz CT molecular complexity index is 711. The molecule has 2 aromatic rings. The van der Waals surface area contributed by atoms with E-state index in [0.29, 0.717) is 25.3 Å². The molecule has 1 aromatic heterocycles. The van der Waals surface area contributed by atoms with Crippen LogP contribution in [0.3, 0.4) is 0 Å². The Balaban J connectivity index is 1.61. The smallest absolute Gasteiger partial charge is 0.254 e. The van der Waals surface area contributed by atoms with E-state index >= 15 is 0 Å². The number of fused-ring (bicyclic) bond motifs is 1. The minimum Gasteiger partial charge on any atom is -0.393 e. The maximum Gasteiger partial charge on any atom is 0.254 e. The Morgan fingerprint density at radius 1 is 1.30 bits per heavy atom. The number of rotatable bonds is 2. The molecular weight excluding hydrogens is 292 g/mol. The lowest BCUT2D eigenvalue weighted by Crippen LogP contribution is -2.53. The van der Waals surface area contributed by atoms with Crippen LogP contribution in [0.4, 0.5) is 0 Å². The molecular formula is C18H22N2O3. The van der Waals surface area contributed by atoms with Gasteiger partial charge < -0.3 is 19.7 Å². The molecule has 23 heavy (non-hydrogen) atoms. The number of benzene rings is 1. The highest BCUT2D eigenvalue weighted by atomic mass is 16.5. The number of ether oxygens (including phenoxy) is 1. The summed E-state index contributed by atoms with van der Waals surface area (Å²) < 4.78 is 5.61. The number of aliphatic hydroxyl groups excluding tert-OH is 1. The number of amides is 1. The second-order valence-electron chi connectivity index (χ2n) is 6.58. The third kappa shape index (κ3) is 2.64. The van der Waals surface area contributed by atoms with Crippen molar-refractivity contribution in [2.24, 2.45) is 5.92 Å². The minimum atomic E-state index is -0.316. The van der Waals surface area contributed by atoms with Gasteiger partial charge in [0.15, 0.2) is 0 Å². The first-order valence-electron chi connectivity index (χ1n) is 8.38. The van der Waals surface area contributed by atoms with E-state index in [2.05, 4.69) is 4.98 Å². The van der Waals surface area contributed by atoms with Crippen molar-refractivity contribution in [3.63, 3.8) is 0 Å². The van der Waals surface area contributed by atoms with Crippen LogP contribution in [0.2, 0.25) is 0 Å². The summed E-state index contributed by atoms with van der Waals surface area (Å²) in [6, 6.07) is 7.71. The molecule has 0 spiro atoms. The molecule has 0 radical (unpaired) electrons. The number of aromatic amines is 1. The number of H-pyrrole nitrogens is 1. The van der Waals surface area contributed by atoms with Crippen molar-refractivity contribution >= 4 is 16.8 Å². The molecule has 2 fully saturated rings. The summed E-state index contributed by atoms with van der Waals surface area (Å²) in [5, 5.41) is 11.3. The van der Waals surface area contributed by atoms with E-state index in [1.807, 2.05) is 35.4 Å². The van der Waals surface area contributed by atoms with E-state index < -0.39 is 0 Å². The van der Waals surface area contributed by atoms with Crippen LogP contribution >= 0.6 is 0 Å². The molecule has 0 bridgehead atoms. The quantitative estimate of drug-likeness (QED) is 0.893. The third-order valence-electron chi connectivity index (χ3n) is 5.25. The molecule has 122 valence electrons. The van der Waals surface area contributed by atoms with Crippen molar-refractivity contribution in [3.8, 4) is 0 Å². The van der Waals surface area contributed by atoms with Crippen molar-refractivity contribution in [1.82, 2.24) is 9.88 Å². The van der Waals surface area contributed by atoms with Gasteiger partial charge in [-0.15, -0.1) is 0 Å². The Kier molecular flexibility index (Phi) is 3.83. The van der Waals surface area contributed by atoms with Crippen LogP contribution in [0.15, 0.2) is 30.5 Å². The maximum atomic E-state index is 13.0. The number of aromatic nitrogens is 1. The molecule has 2 N–H and O–H groups in total. The molecule has 2 heterocycles. The molecule has 4 rings (SSSR count). The van der Waals surface area contributed by atoms with Gasteiger partial charge in [0.1, 0.15) is 0 Å². The minimum absolute atomic E-state index is 0.0179. The summed E-state index contributed by atoms with van der Waals surface area (Å²) in [7, 11) is 0. The number of nitrogens with one attached hydrogen (secondary N) is 1. The molecule has 2 aliphatic rings. The fraction of sp³-hybridized carbons (Fsp3) is 0.500. The van der Waals surface area contributed by atoms with Crippen LogP contribution in [0.5, 0.6) is 0 Å². The van der Waals surface area contributed by atoms with E-state index in [0.717, 1.165) is 30.2 Å². The summed E-state index contributed by atoms with van der Waals surface area (Å²) in [6.07, 6.45) is 4.39. The first-order chi connectivity index (χ1) is 11.2. The van der Waals surface area contributed by atoms with Crippen molar-refractivity contribution in [1.29, 1.82) is 0 Å². The number of carbonyl (C=O) groups excluding carboxylic acids is 1. The zero-order valence-electron chi connectivity index (χ0n) is 13.1. The lowest BCUT2D eigenvalue weighted by molar-refractivity contribution is -0.0383. The fourth-order valence-electron chi connectivity index (χ4n) is 4.00. The monoisotopic (exact) mass is 314 g/mol.